The molecule has 110 valence electrons. The lowest BCUT2D eigenvalue weighted by Gasteiger charge is -2.25. The second kappa shape index (κ2) is 6.40. The molecule has 3 nitrogen and oxygen atoms in total. The summed E-state index contributed by atoms with van der Waals surface area (Å²) in [7, 11) is 0. The van der Waals surface area contributed by atoms with Crippen LogP contribution in [-0.2, 0) is 16.1 Å². The van der Waals surface area contributed by atoms with Gasteiger partial charge in [-0.15, -0.1) is 0 Å². The molecule has 0 unspecified atom stereocenters. The van der Waals surface area contributed by atoms with E-state index in [1.165, 1.54) is 5.56 Å². The predicted octanol–water partition coefficient (Wildman–Crippen LogP) is 3.24. The lowest BCUT2D eigenvalue weighted by molar-refractivity contribution is -0.154. The third kappa shape index (κ3) is 3.83. The Morgan fingerprint density at radius 3 is 2.55 bits per heavy atom. The van der Waals surface area contributed by atoms with E-state index >= 15 is 0 Å². The molecule has 0 aromatic heterocycles. The van der Waals surface area contributed by atoms with Crippen LogP contribution < -0.4 is 5.32 Å². The first-order valence-corrected chi connectivity index (χ1v) is 7.44. The van der Waals surface area contributed by atoms with Gasteiger partial charge in [-0.1, -0.05) is 24.3 Å². The largest absolute Gasteiger partial charge is 0.460 e. The van der Waals surface area contributed by atoms with Crippen molar-refractivity contribution in [2.45, 2.75) is 46.1 Å². The van der Waals surface area contributed by atoms with Gasteiger partial charge in [0.15, 0.2) is 0 Å². The van der Waals surface area contributed by atoms with E-state index in [2.05, 4.69) is 23.5 Å². The van der Waals surface area contributed by atoms with Crippen molar-refractivity contribution in [2.24, 2.45) is 5.41 Å². The van der Waals surface area contributed by atoms with E-state index in [1.54, 1.807) is 0 Å². The molecule has 20 heavy (non-hydrogen) atoms. The average molecular weight is 275 g/mol. The molecule has 1 aliphatic rings. The minimum absolute atomic E-state index is 0.141. The highest BCUT2D eigenvalue weighted by Crippen LogP contribution is 2.28. The summed E-state index contributed by atoms with van der Waals surface area (Å²) < 4.78 is 5.47. The van der Waals surface area contributed by atoms with Crippen molar-refractivity contribution in [1.82, 2.24) is 5.32 Å². The van der Waals surface area contributed by atoms with E-state index in [0.717, 1.165) is 31.5 Å². The van der Waals surface area contributed by atoms with E-state index in [1.807, 2.05) is 26.8 Å². The van der Waals surface area contributed by atoms with Gasteiger partial charge in [0.2, 0.25) is 0 Å². The Morgan fingerprint density at radius 2 is 1.90 bits per heavy atom. The van der Waals surface area contributed by atoms with Crippen LogP contribution in [0.2, 0.25) is 0 Å². The summed E-state index contributed by atoms with van der Waals surface area (Å²) in [5.41, 5.74) is 2.05. The summed E-state index contributed by atoms with van der Waals surface area (Å²) in [5.74, 6) is 0.443. The van der Waals surface area contributed by atoms with Crippen molar-refractivity contribution in [1.29, 1.82) is 0 Å². The summed E-state index contributed by atoms with van der Waals surface area (Å²) in [4.78, 5) is 11.9. The average Bonchev–Trinajstić information content (AvgIpc) is 2.45. The Balaban J connectivity index is 2.06. The normalized spacial score (nSPS) is 16.9. The summed E-state index contributed by atoms with van der Waals surface area (Å²) >= 11 is 0. The zero-order valence-corrected chi connectivity index (χ0v) is 12.7. The van der Waals surface area contributed by atoms with Crippen molar-refractivity contribution in [2.75, 3.05) is 13.1 Å². The molecule has 1 aliphatic heterocycles. The fourth-order valence-corrected chi connectivity index (χ4v) is 2.56. The highest BCUT2D eigenvalue weighted by atomic mass is 16.5. The fourth-order valence-electron chi connectivity index (χ4n) is 2.56. The van der Waals surface area contributed by atoms with Crippen LogP contribution >= 0.6 is 0 Å². The molecule has 1 heterocycles. The van der Waals surface area contributed by atoms with Crippen LogP contribution in [0.5, 0.6) is 0 Å². The first-order valence-electron chi connectivity index (χ1n) is 7.44. The maximum Gasteiger partial charge on any atom is 0.311 e. The maximum atomic E-state index is 11.9. The van der Waals surface area contributed by atoms with Gasteiger partial charge < -0.3 is 10.1 Å². The Hall–Kier alpha value is -1.35. The molecule has 0 saturated carbocycles. The van der Waals surface area contributed by atoms with Crippen molar-refractivity contribution in [3.8, 4) is 0 Å². The smallest absolute Gasteiger partial charge is 0.311 e. The number of carbonyl (C=O) groups excluding carboxylic acids is 1. The number of esters is 1. The lowest BCUT2D eigenvalue weighted by Crippen LogP contribution is -2.27. The summed E-state index contributed by atoms with van der Waals surface area (Å²) in [6.45, 7) is 8.17. The molecule has 2 rings (SSSR count). The van der Waals surface area contributed by atoms with Gasteiger partial charge in [-0.2, -0.15) is 0 Å². The van der Waals surface area contributed by atoms with Crippen molar-refractivity contribution in [3.05, 3.63) is 35.4 Å². The van der Waals surface area contributed by atoms with E-state index in [-0.39, 0.29) is 5.97 Å². The molecular formula is C17H25NO2. The number of benzene rings is 1. The van der Waals surface area contributed by atoms with Gasteiger partial charge in [0, 0.05) is 0 Å². The number of carbonyl (C=O) groups is 1. The number of hydrogen-bond donors (Lipinski definition) is 1. The van der Waals surface area contributed by atoms with E-state index < -0.39 is 5.41 Å². The second-order valence-corrected chi connectivity index (χ2v) is 6.55. The molecule has 1 fully saturated rings. The standard InChI is InChI=1S/C17H25NO2/c1-17(2,3)16(19)20-12-14-6-4-5-7-15(14)13-8-10-18-11-9-13/h4-7,13,18H,8-12H2,1-3H3. The van der Waals surface area contributed by atoms with Gasteiger partial charge in [0.1, 0.15) is 6.61 Å². The quantitative estimate of drug-likeness (QED) is 0.861. The molecule has 1 aromatic rings. The molecule has 0 atom stereocenters. The molecule has 0 aliphatic carbocycles. The van der Waals surface area contributed by atoms with Crippen LogP contribution in [0.3, 0.4) is 0 Å². The zero-order chi connectivity index (χ0) is 14.6. The molecule has 1 aromatic carbocycles. The summed E-state index contributed by atoms with van der Waals surface area (Å²) in [6, 6.07) is 8.35. The van der Waals surface area contributed by atoms with Crippen LogP contribution in [0.1, 0.15) is 50.7 Å². The molecule has 1 N–H and O–H groups in total. The number of ether oxygens (including phenoxy) is 1. The van der Waals surface area contributed by atoms with E-state index in [9.17, 15) is 4.79 Å². The highest BCUT2D eigenvalue weighted by molar-refractivity contribution is 5.75. The van der Waals surface area contributed by atoms with Gasteiger partial charge in [-0.3, -0.25) is 4.79 Å². The Morgan fingerprint density at radius 1 is 1.25 bits per heavy atom. The minimum Gasteiger partial charge on any atom is -0.460 e. The van der Waals surface area contributed by atoms with Crippen LogP contribution in [0.25, 0.3) is 0 Å². The third-order valence-electron chi connectivity index (χ3n) is 3.81. The van der Waals surface area contributed by atoms with Gasteiger partial charge in [0.05, 0.1) is 5.41 Å². The molecule has 3 heteroatoms. The second-order valence-electron chi connectivity index (χ2n) is 6.55. The molecule has 0 bridgehead atoms. The SMILES string of the molecule is CC(C)(C)C(=O)OCc1ccccc1C1CCNCC1. The molecular weight excluding hydrogens is 250 g/mol. The van der Waals surface area contributed by atoms with Gasteiger partial charge >= 0.3 is 5.97 Å². The number of nitrogens with one attached hydrogen (secondary N) is 1. The minimum atomic E-state index is -0.441. The lowest BCUT2D eigenvalue weighted by atomic mass is 9.87. The Bertz CT molecular complexity index is 456. The molecule has 0 spiro atoms. The molecule has 0 amide bonds. The monoisotopic (exact) mass is 275 g/mol. The predicted molar refractivity (Wildman–Crippen MR) is 80.5 cm³/mol. The summed E-state index contributed by atoms with van der Waals surface area (Å²) in [5, 5.41) is 3.39. The maximum absolute atomic E-state index is 11.9. The molecule has 0 radical (unpaired) electrons. The van der Waals surface area contributed by atoms with Crippen molar-refractivity contribution >= 4 is 5.97 Å². The zero-order valence-electron chi connectivity index (χ0n) is 12.7. The number of rotatable bonds is 3. The molecule has 1 saturated heterocycles. The van der Waals surface area contributed by atoms with E-state index in [0.29, 0.717) is 12.5 Å². The van der Waals surface area contributed by atoms with Gasteiger partial charge in [0.25, 0.3) is 0 Å². The Kier molecular flexibility index (Phi) is 4.81. The van der Waals surface area contributed by atoms with Crippen LogP contribution in [0.4, 0.5) is 0 Å². The first kappa shape index (κ1) is 15.0. The van der Waals surface area contributed by atoms with Crippen molar-refractivity contribution in [3.63, 3.8) is 0 Å². The topological polar surface area (TPSA) is 38.3 Å². The first-order chi connectivity index (χ1) is 9.48. The Labute approximate surface area is 121 Å². The number of hydrogen-bond acceptors (Lipinski definition) is 3. The third-order valence-corrected chi connectivity index (χ3v) is 3.81. The van der Waals surface area contributed by atoms with Crippen LogP contribution in [0.15, 0.2) is 24.3 Å². The van der Waals surface area contributed by atoms with Crippen LogP contribution in [0, 0.1) is 5.41 Å². The van der Waals surface area contributed by atoms with Gasteiger partial charge in [-0.05, 0) is 63.7 Å². The number of piperidine rings is 1. The van der Waals surface area contributed by atoms with Crippen molar-refractivity contribution < 1.29 is 9.53 Å². The highest BCUT2D eigenvalue weighted by Gasteiger charge is 2.24. The van der Waals surface area contributed by atoms with Gasteiger partial charge in [-0.25, -0.2) is 0 Å². The van der Waals surface area contributed by atoms with E-state index in [4.69, 9.17) is 4.74 Å². The van der Waals surface area contributed by atoms with Crippen LogP contribution in [-0.4, -0.2) is 19.1 Å². The fraction of sp³-hybridized carbons (Fsp3) is 0.588. The summed E-state index contributed by atoms with van der Waals surface area (Å²) in [6.07, 6.45) is 2.31.